The number of carboxylic acids is 1. The first-order valence-electron chi connectivity index (χ1n) is 6.24. The average Bonchev–Trinajstić information content (AvgIpc) is 2.93. The van der Waals surface area contributed by atoms with Gasteiger partial charge in [-0.05, 0) is 30.7 Å². The number of carbonyl (C=O) groups excluding carboxylic acids is 1. The number of rotatable bonds is 5. The summed E-state index contributed by atoms with van der Waals surface area (Å²) < 4.78 is 0.895. The summed E-state index contributed by atoms with van der Waals surface area (Å²) in [7, 11) is 0. The van der Waals surface area contributed by atoms with E-state index in [-0.39, 0.29) is 6.42 Å². The van der Waals surface area contributed by atoms with Crippen molar-refractivity contribution in [2.24, 2.45) is 0 Å². The van der Waals surface area contributed by atoms with E-state index in [1.807, 2.05) is 6.92 Å². The monoisotopic (exact) mass is 351 g/mol. The molecule has 0 saturated heterocycles. The van der Waals surface area contributed by atoms with Crippen LogP contribution in [-0.2, 0) is 11.2 Å². The largest absolute Gasteiger partial charge is 0.480 e. The van der Waals surface area contributed by atoms with Gasteiger partial charge < -0.3 is 15.4 Å². The second-order valence-corrected chi connectivity index (χ2v) is 5.46. The lowest BCUT2D eigenvalue weighted by atomic mass is 10.1. The number of halogens is 1. The zero-order chi connectivity index (χ0) is 15.4. The Labute approximate surface area is 129 Å². The van der Waals surface area contributed by atoms with Gasteiger partial charge in [0.1, 0.15) is 6.04 Å². The maximum atomic E-state index is 12.1. The molecule has 0 spiro atoms. The highest BCUT2D eigenvalue weighted by Crippen LogP contribution is 2.17. The molecule has 1 aromatic heterocycles. The maximum Gasteiger partial charge on any atom is 0.326 e. The van der Waals surface area contributed by atoms with Crippen LogP contribution in [-0.4, -0.2) is 33.0 Å². The molecule has 21 heavy (non-hydrogen) atoms. The number of hydrogen-bond acceptors (Lipinski definition) is 3. The molecule has 1 atom stereocenters. The van der Waals surface area contributed by atoms with Crippen molar-refractivity contribution in [1.82, 2.24) is 15.3 Å². The molecule has 0 radical (unpaired) electrons. The third kappa shape index (κ3) is 3.91. The van der Waals surface area contributed by atoms with E-state index in [0.717, 1.165) is 10.0 Å². The van der Waals surface area contributed by atoms with Crippen LogP contribution in [0.3, 0.4) is 0 Å². The first-order chi connectivity index (χ1) is 9.97. The summed E-state index contributed by atoms with van der Waals surface area (Å²) >= 11 is 3.36. The van der Waals surface area contributed by atoms with Gasteiger partial charge in [-0.25, -0.2) is 9.78 Å². The van der Waals surface area contributed by atoms with Crippen LogP contribution in [0.2, 0.25) is 0 Å². The Hall–Kier alpha value is -2.15. The summed E-state index contributed by atoms with van der Waals surface area (Å²) in [6.45, 7) is 1.86. The predicted molar refractivity (Wildman–Crippen MR) is 80.1 cm³/mol. The van der Waals surface area contributed by atoms with Gasteiger partial charge in [0.25, 0.3) is 5.91 Å². The standard InChI is InChI=1S/C14H14BrN3O3/c1-8-4-9(2-3-11(8)15)13(19)18-12(14(20)21)5-10-6-16-7-17-10/h2-4,6-7,12H,5H2,1H3,(H,16,17)(H,18,19)(H,20,21)/t12-/m0/s1. The van der Waals surface area contributed by atoms with E-state index in [2.05, 4.69) is 31.2 Å². The Kier molecular flexibility index (Phi) is 4.74. The Morgan fingerprint density at radius 1 is 1.48 bits per heavy atom. The van der Waals surface area contributed by atoms with Crippen molar-refractivity contribution >= 4 is 27.8 Å². The first kappa shape index (κ1) is 15.2. The number of benzene rings is 1. The molecule has 6 nitrogen and oxygen atoms in total. The van der Waals surface area contributed by atoms with Gasteiger partial charge in [0, 0.05) is 28.3 Å². The van der Waals surface area contributed by atoms with Crippen LogP contribution in [0.15, 0.2) is 35.2 Å². The number of hydrogen-bond donors (Lipinski definition) is 3. The van der Waals surface area contributed by atoms with E-state index in [4.69, 9.17) is 0 Å². The van der Waals surface area contributed by atoms with Crippen molar-refractivity contribution in [3.05, 3.63) is 52.0 Å². The zero-order valence-electron chi connectivity index (χ0n) is 11.3. The minimum atomic E-state index is -1.09. The molecule has 1 amide bonds. The number of imidazole rings is 1. The topological polar surface area (TPSA) is 95.1 Å². The highest BCUT2D eigenvalue weighted by atomic mass is 79.9. The van der Waals surface area contributed by atoms with Crippen LogP contribution in [0.5, 0.6) is 0 Å². The minimum absolute atomic E-state index is 0.149. The Bertz CT molecular complexity index is 655. The number of nitrogens with one attached hydrogen (secondary N) is 2. The van der Waals surface area contributed by atoms with Gasteiger partial charge in [0.05, 0.1) is 6.33 Å². The number of carboxylic acid groups (broad SMARTS) is 1. The van der Waals surface area contributed by atoms with E-state index in [0.29, 0.717) is 11.3 Å². The van der Waals surface area contributed by atoms with Gasteiger partial charge in [0.2, 0.25) is 0 Å². The number of amides is 1. The van der Waals surface area contributed by atoms with Crippen molar-refractivity contribution in [3.8, 4) is 0 Å². The van der Waals surface area contributed by atoms with Gasteiger partial charge in [-0.15, -0.1) is 0 Å². The van der Waals surface area contributed by atoms with Crippen molar-refractivity contribution in [3.63, 3.8) is 0 Å². The van der Waals surface area contributed by atoms with Crippen molar-refractivity contribution in [2.45, 2.75) is 19.4 Å². The van der Waals surface area contributed by atoms with Crippen LogP contribution in [0.1, 0.15) is 21.6 Å². The van der Waals surface area contributed by atoms with E-state index >= 15 is 0 Å². The molecular weight excluding hydrogens is 338 g/mol. The fraction of sp³-hybridized carbons (Fsp3) is 0.214. The Morgan fingerprint density at radius 3 is 2.81 bits per heavy atom. The summed E-state index contributed by atoms with van der Waals surface area (Å²) in [5, 5.41) is 11.7. The number of carbonyl (C=O) groups is 2. The second-order valence-electron chi connectivity index (χ2n) is 4.61. The van der Waals surface area contributed by atoms with Crippen molar-refractivity contribution in [2.75, 3.05) is 0 Å². The van der Waals surface area contributed by atoms with E-state index < -0.39 is 17.9 Å². The molecule has 0 unspecified atom stereocenters. The lowest BCUT2D eigenvalue weighted by Crippen LogP contribution is -2.42. The number of nitrogens with zero attached hydrogens (tertiary/aromatic N) is 1. The SMILES string of the molecule is Cc1cc(C(=O)N[C@@H](Cc2cnc[nH]2)C(=O)O)ccc1Br. The highest BCUT2D eigenvalue weighted by molar-refractivity contribution is 9.10. The third-order valence-corrected chi connectivity index (χ3v) is 3.89. The smallest absolute Gasteiger partial charge is 0.326 e. The summed E-state index contributed by atoms with van der Waals surface area (Å²) in [4.78, 5) is 30.0. The number of aliphatic carboxylic acids is 1. The zero-order valence-corrected chi connectivity index (χ0v) is 12.8. The molecule has 7 heteroatoms. The number of aryl methyl sites for hydroxylation is 1. The third-order valence-electron chi connectivity index (χ3n) is 3.00. The van der Waals surface area contributed by atoms with Gasteiger partial charge in [-0.3, -0.25) is 4.79 Å². The van der Waals surface area contributed by atoms with Crippen LogP contribution in [0, 0.1) is 6.92 Å². The van der Waals surface area contributed by atoms with Crippen molar-refractivity contribution in [1.29, 1.82) is 0 Å². The van der Waals surface area contributed by atoms with Gasteiger partial charge >= 0.3 is 5.97 Å². The second kappa shape index (κ2) is 6.53. The molecule has 0 aliphatic heterocycles. The fourth-order valence-corrected chi connectivity index (χ4v) is 2.09. The lowest BCUT2D eigenvalue weighted by molar-refractivity contribution is -0.139. The molecule has 1 aromatic carbocycles. The molecule has 0 aliphatic rings. The summed E-state index contributed by atoms with van der Waals surface area (Å²) in [6, 6.07) is 4.09. The Morgan fingerprint density at radius 2 is 2.24 bits per heavy atom. The van der Waals surface area contributed by atoms with Crippen LogP contribution in [0.4, 0.5) is 0 Å². The molecule has 0 saturated carbocycles. The molecular formula is C14H14BrN3O3. The summed E-state index contributed by atoms with van der Waals surface area (Å²) in [6.07, 6.45) is 3.15. The van der Waals surface area contributed by atoms with Crippen molar-refractivity contribution < 1.29 is 14.7 Å². The molecule has 0 bridgehead atoms. The number of H-pyrrole nitrogens is 1. The van der Waals surface area contributed by atoms with Gasteiger partial charge in [-0.2, -0.15) is 0 Å². The number of aromatic amines is 1. The molecule has 110 valence electrons. The van der Waals surface area contributed by atoms with Crippen LogP contribution < -0.4 is 5.32 Å². The normalized spacial score (nSPS) is 11.9. The Balaban J connectivity index is 2.10. The van der Waals surface area contributed by atoms with E-state index in [1.165, 1.54) is 12.5 Å². The maximum absolute atomic E-state index is 12.1. The van der Waals surface area contributed by atoms with Gasteiger partial charge in [0.15, 0.2) is 0 Å². The number of aromatic nitrogens is 2. The quantitative estimate of drug-likeness (QED) is 0.766. The first-order valence-corrected chi connectivity index (χ1v) is 7.03. The summed E-state index contributed by atoms with van der Waals surface area (Å²) in [5.41, 5.74) is 1.98. The molecule has 0 aliphatic carbocycles. The lowest BCUT2D eigenvalue weighted by Gasteiger charge is -2.14. The fourth-order valence-electron chi connectivity index (χ4n) is 1.84. The highest BCUT2D eigenvalue weighted by Gasteiger charge is 2.21. The predicted octanol–water partition coefficient (Wildman–Crippen LogP) is 1.91. The van der Waals surface area contributed by atoms with Gasteiger partial charge in [-0.1, -0.05) is 15.9 Å². The van der Waals surface area contributed by atoms with Crippen LogP contribution >= 0.6 is 15.9 Å². The molecule has 1 heterocycles. The molecule has 2 aromatic rings. The minimum Gasteiger partial charge on any atom is -0.480 e. The average molecular weight is 352 g/mol. The molecule has 2 rings (SSSR count). The molecule has 0 fully saturated rings. The van der Waals surface area contributed by atoms with E-state index in [1.54, 1.807) is 18.2 Å². The van der Waals surface area contributed by atoms with Crippen LogP contribution in [0.25, 0.3) is 0 Å². The van der Waals surface area contributed by atoms with E-state index in [9.17, 15) is 14.7 Å². The summed E-state index contributed by atoms with van der Waals surface area (Å²) in [5.74, 6) is -1.51. The molecule has 3 N–H and O–H groups in total.